The summed E-state index contributed by atoms with van der Waals surface area (Å²) in [6, 6.07) is 0.614. The van der Waals surface area contributed by atoms with Gasteiger partial charge in [-0.3, -0.25) is 4.90 Å². The van der Waals surface area contributed by atoms with Crippen molar-refractivity contribution >= 4 is 11.8 Å². The summed E-state index contributed by atoms with van der Waals surface area (Å²) in [7, 11) is 0. The number of likely N-dealkylation sites (tertiary alicyclic amines) is 1. The molecule has 1 saturated heterocycles. The molecule has 1 aliphatic heterocycles. The van der Waals surface area contributed by atoms with Crippen LogP contribution in [0.2, 0.25) is 0 Å². The van der Waals surface area contributed by atoms with Gasteiger partial charge in [-0.05, 0) is 55.7 Å². The molecule has 1 atom stereocenters. The molecule has 102 valence electrons. The van der Waals surface area contributed by atoms with E-state index in [1.165, 1.54) is 50.3 Å². The molecule has 1 aliphatic rings. The Morgan fingerprint density at radius 2 is 2.06 bits per heavy atom. The molecule has 1 heterocycles. The van der Waals surface area contributed by atoms with E-state index in [-0.39, 0.29) is 0 Å². The summed E-state index contributed by atoms with van der Waals surface area (Å²) in [6.45, 7) is 10.4. The lowest BCUT2D eigenvalue weighted by molar-refractivity contribution is 0.195. The van der Waals surface area contributed by atoms with Gasteiger partial charge in [-0.15, -0.1) is 0 Å². The van der Waals surface area contributed by atoms with Crippen LogP contribution in [0.5, 0.6) is 0 Å². The van der Waals surface area contributed by atoms with E-state index in [0.29, 0.717) is 11.5 Å². The summed E-state index contributed by atoms with van der Waals surface area (Å²) in [5.74, 6) is 2.49. The van der Waals surface area contributed by atoms with E-state index in [2.05, 4.69) is 25.7 Å². The molecule has 2 N–H and O–H groups in total. The first-order valence-corrected chi connectivity index (χ1v) is 8.26. The van der Waals surface area contributed by atoms with Crippen LogP contribution in [0, 0.1) is 5.41 Å². The van der Waals surface area contributed by atoms with E-state index in [4.69, 9.17) is 5.73 Å². The highest BCUT2D eigenvalue weighted by Gasteiger charge is 2.26. The molecule has 0 saturated carbocycles. The Balaban J connectivity index is 2.40. The van der Waals surface area contributed by atoms with Gasteiger partial charge in [-0.1, -0.05) is 20.8 Å². The normalized spacial score (nSPS) is 23.3. The van der Waals surface area contributed by atoms with E-state index < -0.39 is 0 Å². The van der Waals surface area contributed by atoms with Gasteiger partial charge < -0.3 is 5.73 Å². The first kappa shape index (κ1) is 15.3. The van der Waals surface area contributed by atoms with Crippen molar-refractivity contribution in [2.45, 2.75) is 52.5 Å². The van der Waals surface area contributed by atoms with Gasteiger partial charge in [0, 0.05) is 12.6 Å². The Morgan fingerprint density at radius 1 is 1.29 bits per heavy atom. The van der Waals surface area contributed by atoms with Gasteiger partial charge in [-0.2, -0.15) is 11.8 Å². The van der Waals surface area contributed by atoms with Gasteiger partial charge >= 0.3 is 0 Å². The zero-order valence-electron chi connectivity index (χ0n) is 11.9. The summed E-state index contributed by atoms with van der Waals surface area (Å²) in [6.07, 6.45) is 5.29. The molecule has 1 rings (SSSR count). The second-order valence-corrected chi connectivity index (χ2v) is 7.32. The third-order valence-corrected chi connectivity index (χ3v) is 4.90. The van der Waals surface area contributed by atoms with Crippen LogP contribution in [0.15, 0.2) is 0 Å². The van der Waals surface area contributed by atoms with Crippen LogP contribution >= 0.6 is 11.8 Å². The van der Waals surface area contributed by atoms with Crippen molar-refractivity contribution in [3.05, 3.63) is 0 Å². The number of hydrogen-bond donors (Lipinski definition) is 1. The summed E-state index contributed by atoms with van der Waals surface area (Å²) in [5, 5.41) is 0. The smallest absolute Gasteiger partial charge is 0.0226 e. The summed E-state index contributed by atoms with van der Waals surface area (Å²) < 4.78 is 0. The van der Waals surface area contributed by atoms with Crippen molar-refractivity contribution < 1.29 is 0 Å². The maximum Gasteiger partial charge on any atom is 0.0226 e. The molecule has 0 aromatic carbocycles. The third-order valence-electron chi connectivity index (χ3n) is 3.96. The van der Waals surface area contributed by atoms with Gasteiger partial charge in [0.2, 0.25) is 0 Å². The molecule has 0 amide bonds. The number of nitrogens with zero attached hydrogens (tertiary/aromatic N) is 1. The van der Waals surface area contributed by atoms with E-state index in [0.717, 1.165) is 6.54 Å². The highest BCUT2D eigenvalue weighted by atomic mass is 32.2. The van der Waals surface area contributed by atoms with Crippen LogP contribution in [0.25, 0.3) is 0 Å². The second-order valence-electron chi connectivity index (χ2n) is 5.93. The zero-order valence-corrected chi connectivity index (χ0v) is 12.7. The van der Waals surface area contributed by atoms with E-state index in [1.54, 1.807) is 0 Å². The maximum atomic E-state index is 5.95. The first-order valence-electron chi connectivity index (χ1n) is 7.11. The van der Waals surface area contributed by atoms with Gasteiger partial charge in [0.25, 0.3) is 0 Å². The largest absolute Gasteiger partial charge is 0.329 e. The maximum absolute atomic E-state index is 5.95. The van der Waals surface area contributed by atoms with E-state index >= 15 is 0 Å². The fraction of sp³-hybridized carbons (Fsp3) is 1.00. The molecule has 0 spiro atoms. The number of thioether (sulfide) groups is 1. The molecular weight excluding hydrogens is 228 g/mol. The van der Waals surface area contributed by atoms with Crippen molar-refractivity contribution in [1.82, 2.24) is 4.90 Å². The van der Waals surface area contributed by atoms with Crippen LogP contribution < -0.4 is 5.73 Å². The molecule has 1 fully saturated rings. The molecule has 1 unspecified atom stereocenters. The fourth-order valence-corrected chi connectivity index (χ4v) is 3.35. The average Bonchev–Trinajstić information content (AvgIpc) is 2.46. The van der Waals surface area contributed by atoms with Crippen molar-refractivity contribution in [2.75, 3.05) is 31.1 Å². The Morgan fingerprint density at radius 3 is 2.71 bits per heavy atom. The van der Waals surface area contributed by atoms with Gasteiger partial charge in [0.05, 0.1) is 0 Å². The zero-order chi connectivity index (χ0) is 12.7. The molecule has 0 aromatic heterocycles. The summed E-state index contributed by atoms with van der Waals surface area (Å²) >= 11 is 2.04. The molecule has 0 radical (unpaired) electrons. The van der Waals surface area contributed by atoms with E-state index in [9.17, 15) is 0 Å². The lowest BCUT2D eigenvalue weighted by atomic mass is 9.85. The SMILES string of the molecule is CCSCCC(CN)N1CCCC(C)(C)CC1. The quantitative estimate of drug-likeness (QED) is 0.743. The van der Waals surface area contributed by atoms with Crippen molar-refractivity contribution in [2.24, 2.45) is 11.1 Å². The van der Waals surface area contributed by atoms with Crippen molar-refractivity contribution in [1.29, 1.82) is 0 Å². The topological polar surface area (TPSA) is 29.3 Å². The Labute approximate surface area is 112 Å². The minimum atomic E-state index is 0.534. The monoisotopic (exact) mass is 258 g/mol. The molecule has 3 heteroatoms. The minimum absolute atomic E-state index is 0.534. The summed E-state index contributed by atoms with van der Waals surface area (Å²) in [4.78, 5) is 2.64. The Bertz CT molecular complexity index is 206. The van der Waals surface area contributed by atoms with Crippen LogP contribution in [0.3, 0.4) is 0 Å². The molecule has 17 heavy (non-hydrogen) atoms. The predicted molar refractivity (Wildman–Crippen MR) is 79.7 cm³/mol. The highest BCUT2D eigenvalue weighted by Crippen LogP contribution is 2.30. The van der Waals surface area contributed by atoms with Gasteiger partial charge in [-0.25, -0.2) is 0 Å². The van der Waals surface area contributed by atoms with Crippen molar-refractivity contribution in [3.8, 4) is 0 Å². The lowest BCUT2D eigenvalue weighted by Crippen LogP contribution is -2.41. The van der Waals surface area contributed by atoms with Crippen molar-refractivity contribution in [3.63, 3.8) is 0 Å². The average molecular weight is 258 g/mol. The molecular formula is C14H30N2S. The second kappa shape index (κ2) is 7.65. The molecule has 0 bridgehead atoms. The minimum Gasteiger partial charge on any atom is -0.329 e. The third kappa shape index (κ3) is 5.62. The molecule has 0 aromatic rings. The predicted octanol–water partition coefficient (Wildman–Crippen LogP) is 2.97. The Kier molecular flexibility index (Phi) is 6.90. The number of rotatable bonds is 6. The van der Waals surface area contributed by atoms with Gasteiger partial charge in [0.15, 0.2) is 0 Å². The van der Waals surface area contributed by atoms with Gasteiger partial charge in [0.1, 0.15) is 0 Å². The first-order chi connectivity index (χ1) is 8.09. The Hall–Kier alpha value is 0.270. The number of nitrogens with two attached hydrogens (primary N) is 1. The van der Waals surface area contributed by atoms with Crippen LogP contribution in [0.4, 0.5) is 0 Å². The fourth-order valence-electron chi connectivity index (χ4n) is 2.62. The van der Waals surface area contributed by atoms with E-state index in [1.807, 2.05) is 11.8 Å². The standard InChI is InChI=1S/C14H30N2S/c1-4-17-11-6-13(12-15)16-9-5-7-14(2,3)8-10-16/h13H,4-12,15H2,1-3H3. The number of hydrogen-bond acceptors (Lipinski definition) is 3. The molecule has 0 aliphatic carbocycles. The summed E-state index contributed by atoms with van der Waals surface area (Å²) in [5.41, 5.74) is 6.49. The lowest BCUT2D eigenvalue weighted by Gasteiger charge is -2.30. The van der Waals surface area contributed by atoms with Crippen LogP contribution in [-0.4, -0.2) is 42.1 Å². The van der Waals surface area contributed by atoms with Crippen LogP contribution in [-0.2, 0) is 0 Å². The highest BCUT2D eigenvalue weighted by molar-refractivity contribution is 7.99. The van der Waals surface area contributed by atoms with Crippen LogP contribution in [0.1, 0.15) is 46.5 Å². The molecule has 2 nitrogen and oxygen atoms in total.